The Morgan fingerprint density at radius 3 is 2.65 bits per heavy atom. The smallest absolute Gasteiger partial charge is 0.269 e. The summed E-state index contributed by atoms with van der Waals surface area (Å²) in [5.41, 5.74) is 1.58. The van der Waals surface area contributed by atoms with Gasteiger partial charge < -0.3 is 5.21 Å². The first-order chi connectivity index (χ1) is 11.1. The van der Waals surface area contributed by atoms with Crippen molar-refractivity contribution in [3.05, 3.63) is 69.8 Å². The average molecular weight is 310 g/mol. The van der Waals surface area contributed by atoms with Crippen LogP contribution in [0.1, 0.15) is 15.9 Å². The van der Waals surface area contributed by atoms with E-state index in [1.807, 2.05) is 0 Å². The van der Waals surface area contributed by atoms with Crippen LogP contribution >= 0.6 is 0 Å². The number of aromatic nitrogens is 3. The third-order valence-electron chi connectivity index (χ3n) is 3.26. The van der Waals surface area contributed by atoms with Gasteiger partial charge >= 0.3 is 0 Å². The quantitative estimate of drug-likeness (QED) is 0.260. The minimum atomic E-state index is -0.489. The molecule has 0 amide bonds. The number of nitro benzene ring substituents is 1. The molecule has 3 aromatic rings. The molecular weight excluding hydrogens is 300 g/mol. The molecule has 23 heavy (non-hydrogen) atoms. The molecule has 0 atom stereocenters. The molecule has 2 aromatic carbocycles. The standard InChI is InChI=1S/C15H10N4O4/c20-14(9-6-10-4-7-11(8-5-10)19(22)23)12-2-1-3-13-15(12)16-17-18(13)21/h1-9,21H/b9-6+. The van der Waals surface area contributed by atoms with E-state index in [1.54, 1.807) is 36.4 Å². The van der Waals surface area contributed by atoms with Crippen LogP contribution in [0.2, 0.25) is 0 Å². The van der Waals surface area contributed by atoms with Crippen LogP contribution in [-0.4, -0.2) is 31.1 Å². The van der Waals surface area contributed by atoms with Gasteiger partial charge in [0, 0.05) is 12.1 Å². The third kappa shape index (κ3) is 2.77. The number of non-ortho nitro benzene ring substituents is 1. The van der Waals surface area contributed by atoms with Gasteiger partial charge in [0.25, 0.3) is 5.69 Å². The maximum atomic E-state index is 12.3. The summed E-state index contributed by atoms with van der Waals surface area (Å²) in [4.78, 5) is 23.0. The molecule has 8 heteroatoms. The molecule has 3 rings (SSSR count). The number of nitro groups is 1. The lowest BCUT2D eigenvalue weighted by atomic mass is 10.1. The summed E-state index contributed by atoms with van der Waals surface area (Å²) >= 11 is 0. The van der Waals surface area contributed by atoms with E-state index in [-0.39, 0.29) is 11.5 Å². The minimum Gasteiger partial charge on any atom is -0.410 e. The fourth-order valence-electron chi connectivity index (χ4n) is 2.10. The molecule has 0 radical (unpaired) electrons. The number of carbonyl (C=O) groups is 1. The number of hydrogen-bond acceptors (Lipinski definition) is 6. The van der Waals surface area contributed by atoms with Crippen LogP contribution in [0.3, 0.4) is 0 Å². The van der Waals surface area contributed by atoms with Crippen LogP contribution in [0, 0.1) is 10.1 Å². The molecule has 0 aliphatic rings. The van der Waals surface area contributed by atoms with Crippen molar-refractivity contribution in [2.24, 2.45) is 0 Å². The number of ketones is 1. The van der Waals surface area contributed by atoms with E-state index in [0.717, 1.165) is 0 Å². The van der Waals surface area contributed by atoms with Gasteiger partial charge in [0.1, 0.15) is 11.0 Å². The number of carbonyl (C=O) groups excluding carboxylic acids is 1. The number of fused-ring (bicyclic) bond motifs is 1. The maximum absolute atomic E-state index is 12.3. The zero-order valence-electron chi connectivity index (χ0n) is 11.7. The molecule has 1 heterocycles. The SMILES string of the molecule is O=C(/C=C/c1ccc([N+](=O)[O-])cc1)c1cccc2c1nnn2O. The molecule has 0 aliphatic heterocycles. The van der Waals surface area contributed by atoms with Gasteiger partial charge in [-0.25, -0.2) is 0 Å². The Bertz CT molecular complexity index is 928. The lowest BCUT2D eigenvalue weighted by Crippen LogP contribution is -1.96. The first kappa shape index (κ1) is 14.4. The van der Waals surface area contributed by atoms with Crippen LogP contribution in [0.25, 0.3) is 17.1 Å². The molecule has 1 N–H and O–H groups in total. The first-order valence-corrected chi connectivity index (χ1v) is 6.57. The number of allylic oxidation sites excluding steroid dienone is 1. The van der Waals surface area contributed by atoms with Crippen molar-refractivity contribution in [2.75, 3.05) is 0 Å². The lowest BCUT2D eigenvalue weighted by molar-refractivity contribution is -0.384. The van der Waals surface area contributed by atoms with E-state index in [1.165, 1.54) is 18.2 Å². The summed E-state index contributed by atoms with van der Waals surface area (Å²) in [6.45, 7) is 0. The third-order valence-corrected chi connectivity index (χ3v) is 3.26. The average Bonchev–Trinajstić information content (AvgIpc) is 2.94. The number of nitrogens with zero attached hydrogens (tertiary/aromatic N) is 4. The van der Waals surface area contributed by atoms with Crippen molar-refractivity contribution in [1.82, 2.24) is 15.2 Å². The van der Waals surface area contributed by atoms with Gasteiger partial charge in [0.05, 0.1) is 10.5 Å². The van der Waals surface area contributed by atoms with E-state index in [9.17, 15) is 20.1 Å². The van der Waals surface area contributed by atoms with Crippen molar-refractivity contribution >= 4 is 28.6 Å². The predicted molar refractivity (Wildman–Crippen MR) is 81.2 cm³/mol. The topological polar surface area (TPSA) is 111 Å². The highest BCUT2D eigenvalue weighted by Gasteiger charge is 2.12. The highest BCUT2D eigenvalue weighted by molar-refractivity contribution is 6.13. The zero-order valence-corrected chi connectivity index (χ0v) is 11.7. The van der Waals surface area contributed by atoms with Crippen molar-refractivity contribution in [3.8, 4) is 0 Å². The van der Waals surface area contributed by atoms with Crippen LogP contribution < -0.4 is 0 Å². The molecular formula is C15H10N4O4. The fraction of sp³-hybridized carbons (Fsp3) is 0. The van der Waals surface area contributed by atoms with Gasteiger partial charge in [0.2, 0.25) is 0 Å². The van der Waals surface area contributed by atoms with E-state index in [4.69, 9.17) is 0 Å². The second-order valence-electron chi connectivity index (χ2n) is 4.70. The summed E-state index contributed by atoms with van der Waals surface area (Å²) in [5, 5.41) is 27.3. The first-order valence-electron chi connectivity index (χ1n) is 6.57. The number of benzene rings is 2. The van der Waals surface area contributed by atoms with Gasteiger partial charge in [-0.2, -0.15) is 0 Å². The summed E-state index contributed by atoms with van der Waals surface area (Å²) in [6.07, 6.45) is 2.89. The van der Waals surface area contributed by atoms with Crippen LogP contribution in [0.4, 0.5) is 5.69 Å². The van der Waals surface area contributed by atoms with Crippen molar-refractivity contribution < 1.29 is 14.9 Å². The molecule has 0 aliphatic carbocycles. The zero-order chi connectivity index (χ0) is 16.4. The fourth-order valence-corrected chi connectivity index (χ4v) is 2.10. The highest BCUT2D eigenvalue weighted by atomic mass is 16.6. The van der Waals surface area contributed by atoms with E-state index in [2.05, 4.69) is 10.3 Å². The van der Waals surface area contributed by atoms with Crippen molar-refractivity contribution in [2.45, 2.75) is 0 Å². The molecule has 0 spiro atoms. The predicted octanol–water partition coefficient (Wildman–Crippen LogP) is 2.47. The molecule has 0 saturated carbocycles. The second-order valence-corrected chi connectivity index (χ2v) is 4.70. The number of hydrogen-bond donors (Lipinski definition) is 1. The monoisotopic (exact) mass is 310 g/mol. The lowest BCUT2D eigenvalue weighted by Gasteiger charge is -1.97. The highest BCUT2D eigenvalue weighted by Crippen LogP contribution is 2.17. The maximum Gasteiger partial charge on any atom is 0.269 e. The summed E-state index contributed by atoms with van der Waals surface area (Å²) in [7, 11) is 0. The van der Waals surface area contributed by atoms with Gasteiger partial charge in [-0.3, -0.25) is 14.9 Å². The largest absolute Gasteiger partial charge is 0.410 e. The summed E-state index contributed by atoms with van der Waals surface area (Å²) in [6, 6.07) is 10.6. The normalized spacial score (nSPS) is 11.1. The van der Waals surface area contributed by atoms with Crippen LogP contribution in [0.5, 0.6) is 0 Å². The van der Waals surface area contributed by atoms with Crippen LogP contribution in [-0.2, 0) is 0 Å². The van der Waals surface area contributed by atoms with E-state index >= 15 is 0 Å². The van der Waals surface area contributed by atoms with Crippen molar-refractivity contribution in [1.29, 1.82) is 0 Å². The van der Waals surface area contributed by atoms with Crippen molar-refractivity contribution in [3.63, 3.8) is 0 Å². The summed E-state index contributed by atoms with van der Waals surface area (Å²) in [5.74, 6) is -0.311. The van der Waals surface area contributed by atoms with E-state index in [0.29, 0.717) is 27.0 Å². The van der Waals surface area contributed by atoms with E-state index < -0.39 is 4.92 Å². The molecule has 114 valence electrons. The Kier molecular flexibility index (Phi) is 3.55. The Hall–Kier alpha value is -3.55. The Balaban J connectivity index is 1.87. The van der Waals surface area contributed by atoms with Gasteiger partial charge in [-0.05, 0) is 41.1 Å². The molecule has 8 nitrogen and oxygen atoms in total. The Morgan fingerprint density at radius 1 is 1.22 bits per heavy atom. The Morgan fingerprint density at radius 2 is 1.96 bits per heavy atom. The van der Waals surface area contributed by atoms with Gasteiger partial charge in [0.15, 0.2) is 5.78 Å². The molecule has 0 bridgehead atoms. The minimum absolute atomic E-state index is 0.0159. The number of rotatable bonds is 4. The molecule has 0 fully saturated rings. The molecule has 0 unspecified atom stereocenters. The summed E-state index contributed by atoms with van der Waals surface area (Å²) < 4.78 is 0. The van der Waals surface area contributed by atoms with Gasteiger partial charge in [-0.1, -0.05) is 17.0 Å². The Labute approximate surface area is 129 Å². The molecule has 1 aromatic heterocycles. The molecule has 0 saturated heterocycles. The van der Waals surface area contributed by atoms with Crippen LogP contribution in [0.15, 0.2) is 48.5 Å². The van der Waals surface area contributed by atoms with Gasteiger partial charge in [-0.15, -0.1) is 5.10 Å². The second kappa shape index (κ2) is 5.68.